The van der Waals surface area contributed by atoms with Gasteiger partial charge in [-0.05, 0) is 55.2 Å². The summed E-state index contributed by atoms with van der Waals surface area (Å²) in [4.78, 5) is 17.1. The molecular formula is C22H27N3O2. The monoisotopic (exact) mass is 365 g/mol. The first-order chi connectivity index (χ1) is 13.1. The van der Waals surface area contributed by atoms with E-state index in [0.717, 1.165) is 50.3 Å². The Morgan fingerprint density at radius 3 is 2.33 bits per heavy atom. The molecule has 1 N–H and O–H groups in total. The van der Waals surface area contributed by atoms with Crippen LogP contribution in [0.15, 0.2) is 48.5 Å². The molecule has 27 heavy (non-hydrogen) atoms. The van der Waals surface area contributed by atoms with E-state index in [1.807, 2.05) is 17.0 Å². The van der Waals surface area contributed by atoms with E-state index in [-0.39, 0.29) is 11.6 Å². The molecule has 1 saturated heterocycles. The summed E-state index contributed by atoms with van der Waals surface area (Å²) in [5, 5.41) is 3.28. The van der Waals surface area contributed by atoms with E-state index in [1.165, 1.54) is 11.3 Å². The lowest BCUT2D eigenvalue weighted by atomic mass is 10.0. The summed E-state index contributed by atoms with van der Waals surface area (Å²) in [7, 11) is 1.67. The van der Waals surface area contributed by atoms with Crippen LogP contribution in [0.2, 0.25) is 0 Å². The highest BCUT2D eigenvalue weighted by atomic mass is 16.5. The molecule has 2 aliphatic rings. The van der Waals surface area contributed by atoms with Gasteiger partial charge in [0.05, 0.1) is 12.6 Å². The van der Waals surface area contributed by atoms with E-state index in [1.54, 1.807) is 7.11 Å². The van der Waals surface area contributed by atoms with Crippen molar-refractivity contribution >= 4 is 11.7 Å². The Morgan fingerprint density at radius 1 is 1.04 bits per heavy atom. The van der Waals surface area contributed by atoms with Crippen molar-refractivity contribution in [3.8, 4) is 5.75 Å². The highest BCUT2D eigenvalue weighted by molar-refractivity contribution is 5.76. The van der Waals surface area contributed by atoms with Gasteiger partial charge in [-0.25, -0.2) is 4.79 Å². The highest BCUT2D eigenvalue weighted by Crippen LogP contribution is 2.46. The first-order valence-electron chi connectivity index (χ1n) is 9.63. The lowest BCUT2D eigenvalue weighted by Crippen LogP contribution is -2.53. The summed E-state index contributed by atoms with van der Waals surface area (Å²) in [6, 6.07) is 16.6. The number of carbonyl (C=O) groups is 1. The van der Waals surface area contributed by atoms with Crippen LogP contribution in [-0.4, -0.2) is 44.2 Å². The van der Waals surface area contributed by atoms with E-state index in [4.69, 9.17) is 4.74 Å². The van der Waals surface area contributed by atoms with Gasteiger partial charge in [-0.2, -0.15) is 0 Å². The number of anilines is 1. The van der Waals surface area contributed by atoms with Gasteiger partial charge in [-0.1, -0.05) is 24.3 Å². The van der Waals surface area contributed by atoms with Crippen LogP contribution >= 0.6 is 0 Å². The molecule has 142 valence electrons. The predicted octanol–water partition coefficient (Wildman–Crippen LogP) is 3.52. The van der Waals surface area contributed by atoms with Gasteiger partial charge in [0.2, 0.25) is 0 Å². The molecule has 0 spiro atoms. The molecule has 5 heteroatoms. The molecular weight excluding hydrogens is 338 g/mol. The highest BCUT2D eigenvalue weighted by Gasteiger charge is 2.46. The van der Waals surface area contributed by atoms with E-state index in [2.05, 4.69) is 53.5 Å². The third kappa shape index (κ3) is 3.72. The van der Waals surface area contributed by atoms with Gasteiger partial charge in [0.15, 0.2) is 0 Å². The van der Waals surface area contributed by atoms with Crippen LogP contribution in [0.25, 0.3) is 0 Å². The Kier molecular flexibility index (Phi) is 4.68. The quantitative estimate of drug-likeness (QED) is 0.902. The van der Waals surface area contributed by atoms with Gasteiger partial charge in [0.25, 0.3) is 0 Å². The number of methoxy groups -OCH3 is 1. The summed E-state index contributed by atoms with van der Waals surface area (Å²) >= 11 is 0. The third-order valence-corrected chi connectivity index (χ3v) is 5.67. The number of amides is 2. The maximum absolute atomic E-state index is 12.8. The normalized spacial score (nSPS) is 18.1. The molecule has 1 saturated carbocycles. The fraction of sp³-hybridized carbons (Fsp3) is 0.409. The molecule has 4 rings (SSSR count). The molecule has 0 bridgehead atoms. The van der Waals surface area contributed by atoms with Crippen molar-refractivity contribution < 1.29 is 9.53 Å². The fourth-order valence-corrected chi connectivity index (χ4v) is 3.80. The zero-order valence-corrected chi connectivity index (χ0v) is 16.1. The zero-order valence-electron chi connectivity index (χ0n) is 16.1. The molecule has 2 aromatic rings. The molecule has 1 aliphatic heterocycles. The van der Waals surface area contributed by atoms with E-state index >= 15 is 0 Å². The van der Waals surface area contributed by atoms with Crippen LogP contribution in [0.3, 0.4) is 0 Å². The standard InChI is InChI=1S/C22H27N3O2/c1-17-4-3-5-19(16-17)24-12-14-25(15-13-24)21(26)23-22(10-11-22)18-6-8-20(27-2)9-7-18/h3-9,16H,10-15H2,1-2H3,(H,23,26). The molecule has 5 nitrogen and oxygen atoms in total. The average Bonchev–Trinajstić information content (AvgIpc) is 3.49. The second-order valence-corrected chi connectivity index (χ2v) is 7.55. The summed E-state index contributed by atoms with van der Waals surface area (Å²) < 4.78 is 5.23. The molecule has 1 heterocycles. The lowest BCUT2D eigenvalue weighted by Gasteiger charge is -2.37. The number of aryl methyl sites for hydroxylation is 1. The van der Waals surface area contributed by atoms with E-state index < -0.39 is 0 Å². The predicted molar refractivity (Wildman–Crippen MR) is 107 cm³/mol. The maximum Gasteiger partial charge on any atom is 0.318 e. The van der Waals surface area contributed by atoms with Crippen molar-refractivity contribution in [2.45, 2.75) is 25.3 Å². The number of benzene rings is 2. The van der Waals surface area contributed by atoms with Gasteiger partial charge in [0.1, 0.15) is 5.75 Å². The number of piperazine rings is 1. The number of carbonyl (C=O) groups excluding carboxylic acids is 1. The molecule has 2 aromatic carbocycles. The van der Waals surface area contributed by atoms with Gasteiger partial charge in [0, 0.05) is 31.9 Å². The first-order valence-corrected chi connectivity index (χ1v) is 9.63. The van der Waals surface area contributed by atoms with Crippen LogP contribution in [0.1, 0.15) is 24.0 Å². The Bertz CT molecular complexity index is 807. The van der Waals surface area contributed by atoms with Crippen LogP contribution in [0.5, 0.6) is 5.75 Å². The van der Waals surface area contributed by atoms with Gasteiger partial charge in [-0.3, -0.25) is 0 Å². The zero-order chi connectivity index (χ0) is 18.9. The largest absolute Gasteiger partial charge is 0.497 e. The van der Waals surface area contributed by atoms with Gasteiger partial charge < -0.3 is 19.9 Å². The molecule has 0 atom stereocenters. The molecule has 2 fully saturated rings. The first kappa shape index (κ1) is 17.7. The lowest BCUT2D eigenvalue weighted by molar-refractivity contribution is 0.189. The summed E-state index contributed by atoms with van der Waals surface area (Å²) in [5.74, 6) is 0.841. The van der Waals surface area contributed by atoms with Crippen LogP contribution in [-0.2, 0) is 5.54 Å². The van der Waals surface area contributed by atoms with E-state index in [9.17, 15) is 4.79 Å². The number of hydrogen-bond acceptors (Lipinski definition) is 3. The Morgan fingerprint density at radius 2 is 1.74 bits per heavy atom. The Hall–Kier alpha value is -2.69. The molecule has 1 aliphatic carbocycles. The van der Waals surface area contributed by atoms with Crippen molar-refractivity contribution in [3.63, 3.8) is 0 Å². The van der Waals surface area contributed by atoms with Crippen molar-refractivity contribution in [1.29, 1.82) is 0 Å². The van der Waals surface area contributed by atoms with Crippen molar-refractivity contribution in [3.05, 3.63) is 59.7 Å². The number of nitrogens with zero attached hydrogens (tertiary/aromatic N) is 2. The van der Waals surface area contributed by atoms with Crippen LogP contribution in [0.4, 0.5) is 10.5 Å². The van der Waals surface area contributed by atoms with Crippen LogP contribution < -0.4 is 15.0 Å². The molecule has 0 radical (unpaired) electrons. The molecule has 0 unspecified atom stereocenters. The maximum atomic E-state index is 12.8. The third-order valence-electron chi connectivity index (χ3n) is 5.67. The minimum Gasteiger partial charge on any atom is -0.497 e. The molecule has 0 aromatic heterocycles. The Balaban J connectivity index is 1.35. The summed E-state index contributed by atoms with van der Waals surface area (Å²) in [6.07, 6.45) is 1.99. The van der Waals surface area contributed by atoms with Gasteiger partial charge in [-0.15, -0.1) is 0 Å². The molecule has 2 amide bonds. The number of ether oxygens (including phenoxy) is 1. The second-order valence-electron chi connectivity index (χ2n) is 7.55. The minimum absolute atomic E-state index is 0.0483. The van der Waals surface area contributed by atoms with Crippen molar-refractivity contribution in [1.82, 2.24) is 10.2 Å². The van der Waals surface area contributed by atoms with Crippen molar-refractivity contribution in [2.75, 3.05) is 38.2 Å². The number of urea groups is 1. The van der Waals surface area contributed by atoms with E-state index in [0.29, 0.717) is 0 Å². The summed E-state index contributed by atoms with van der Waals surface area (Å²) in [5.41, 5.74) is 3.47. The van der Waals surface area contributed by atoms with Crippen molar-refractivity contribution in [2.24, 2.45) is 0 Å². The topological polar surface area (TPSA) is 44.8 Å². The average molecular weight is 365 g/mol. The summed E-state index contributed by atoms with van der Waals surface area (Å²) in [6.45, 7) is 5.34. The number of rotatable bonds is 4. The SMILES string of the molecule is COc1ccc(C2(NC(=O)N3CCN(c4cccc(C)c4)CC3)CC2)cc1. The number of hydrogen-bond donors (Lipinski definition) is 1. The van der Waals surface area contributed by atoms with Gasteiger partial charge >= 0.3 is 6.03 Å². The number of nitrogens with one attached hydrogen (secondary N) is 1. The smallest absolute Gasteiger partial charge is 0.318 e. The van der Waals surface area contributed by atoms with Crippen LogP contribution in [0, 0.1) is 6.92 Å². The Labute approximate surface area is 160 Å². The minimum atomic E-state index is -0.197. The fourth-order valence-electron chi connectivity index (χ4n) is 3.80. The second kappa shape index (κ2) is 7.14.